The molecule has 166 valence electrons. The van der Waals surface area contributed by atoms with Crippen molar-refractivity contribution in [2.75, 3.05) is 26.2 Å². The van der Waals surface area contributed by atoms with Gasteiger partial charge in [0.1, 0.15) is 10.6 Å². The quantitative estimate of drug-likeness (QED) is 0.445. The second kappa shape index (κ2) is 8.10. The third kappa shape index (κ3) is 3.91. The van der Waals surface area contributed by atoms with E-state index in [-0.39, 0.29) is 16.2 Å². The van der Waals surface area contributed by atoms with Gasteiger partial charge in [-0.3, -0.25) is 9.69 Å². The molecule has 0 bridgehead atoms. The van der Waals surface area contributed by atoms with Crippen LogP contribution < -0.4 is 0 Å². The maximum Gasteiger partial charge on any atom is 0.435 e. The average molecular weight is 460 g/mol. The molecule has 3 aromatic heterocycles. The SMILES string of the molecule is O=C(c1cc2c(C(F)(F)F)nn(-c3ccccc3)c2s1)N1CCN(Cc2ccco2)CC1. The first-order valence-electron chi connectivity index (χ1n) is 10.1. The van der Waals surface area contributed by atoms with Gasteiger partial charge in [-0.05, 0) is 30.3 Å². The number of piperazine rings is 1. The summed E-state index contributed by atoms with van der Waals surface area (Å²) in [5.41, 5.74) is -0.463. The number of rotatable bonds is 4. The summed E-state index contributed by atoms with van der Waals surface area (Å²) < 4.78 is 47.5. The van der Waals surface area contributed by atoms with E-state index < -0.39 is 11.9 Å². The molecule has 10 heteroatoms. The number of benzene rings is 1. The predicted molar refractivity (Wildman–Crippen MR) is 114 cm³/mol. The Balaban J connectivity index is 1.40. The van der Waals surface area contributed by atoms with Crippen LogP contribution in [0.15, 0.2) is 59.2 Å². The van der Waals surface area contributed by atoms with E-state index in [1.807, 2.05) is 12.1 Å². The first-order valence-corrected chi connectivity index (χ1v) is 10.9. The van der Waals surface area contributed by atoms with Gasteiger partial charge >= 0.3 is 6.18 Å². The molecule has 1 aliphatic rings. The molecule has 1 amide bonds. The zero-order valence-electron chi connectivity index (χ0n) is 16.9. The number of amides is 1. The summed E-state index contributed by atoms with van der Waals surface area (Å²) >= 11 is 1.04. The van der Waals surface area contributed by atoms with Crippen molar-refractivity contribution in [1.29, 1.82) is 0 Å². The number of hydrogen-bond donors (Lipinski definition) is 0. The highest BCUT2D eigenvalue weighted by Crippen LogP contribution is 2.39. The van der Waals surface area contributed by atoms with E-state index in [1.165, 1.54) is 10.7 Å². The van der Waals surface area contributed by atoms with Crippen LogP contribution in [-0.2, 0) is 12.7 Å². The Morgan fingerprint density at radius 1 is 1.06 bits per heavy atom. The lowest BCUT2D eigenvalue weighted by Gasteiger charge is -2.34. The maximum atomic E-state index is 13.6. The second-order valence-corrected chi connectivity index (χ2v) is 8.60. The lowest BCUT2D eigenvalue weighted by Crippen LogP contribution is -2.48. The van der Waals surface area contributed by atoms with Gasteiger partial charge < -0.3 is 9.32 Å². The molecule has 0 radical (unpaired) electrons. The fourth-order valence-corrected chi connectivity index (χ4v) is 4.95. The summed E-state index contributed by atoms with van der Waals surface area (Å²) in [6.45, 7) is 3.01. The van der Waals surface area contributed by atoms with E-state index in [4.69, 9.17) is 4.42 Å². The third-order valence-electron chi connectivity index (χ3n) is 5.46. The van der Waals surface area contributed by atoms with E-state index in [0.29, 0.717) is 43.2 Å². The van der Waals surface area contributed by atoms with Crippen LogP contribution in [-0.4, -0.2) is 51.7 Å². The molecule has 0 unspecified atom stereocenters. The van der Waals surface area contributed by atoms with Crippen LogP contribution in [0.3, 0.4) is 0 Å². The third-order valence-corrected chi connectivity index (χ3v) is 6.56. The van der Waals surface area contributed by atoms with Crippen molar-refractivity contribution in [2.24, 2.45) is 0 Å². The summed E-state index contributed by atoms with van der Waals surface area (Å²) in [7, 11) is 0. The largest absolute Gasteiger partial charge is 0.468 e. The number of aromatic nitrogens is 2. The fraction of sp³-hybridized carbons (Fsp3) is 0.273. The van der Waals surface area contributed by atoms with Gasteiger partial charge in [-0.15, -0.1) is 11.3 Å². The molecule has 1 fully saturated rings. The molecule has 0 atom stereocenters. The van der Waals surface area contributed by atoms with Crippen molar-refractivity contribution >= 4 is 27.5 Å². The highest BCUT2D eigenvalue weighted by atomic mass is 32.1. The Morgan fingerprint density at radius 2 is 1.81 bits per heavy atom. The molecule has 0 saturated carbocycles. The van der Waals surface area contributed by atoms with Crippen molar-refractivity contribution in [3.05, 3.63) is 71.1 Å². The van der Waals surface area contributed by atoms with E-state index in [1.54, 1.807) is 41.5 Å². The molecule has 0 aliphatic carbocycles. The number of hydrogen-bond acceptors (Lipinski definition) is 5. The second-order valence-electron chi connectivity index (χ2n) is 7.57. The molecule has 0 spiro atoms. The zero-order valence-corrected chi connectivity index (χ0v) is 17.7. The summed E-state index contributed by atoms with van der Waals surface area (Å²) in [5.74, 6) is 0.607. The van der Waals surface area contributed by atoms with E-state index in [9.17, 15) is 18.0 Å². The standard InChI is InChI=1S/C22H19F3N4O2S/c23-22(24,25)19-17-13-18(32-21(17)29(26-19)15-5-2-1-3-6-15)20(30)28-10-8-27(9-11-28)14-16-7-4-12-31-16/h1-7,12-13H,8-11,14H2. The van der Waals surface area contributed by atoms with Crippen LogP contribution in [0.25, 0.3) is 15.9 Å². The number of nitrogens with zero attached hydrogens (tertiary/aromatic N) is 4. The number of carbonyl (C=O) groups is 1. The van der Waals surface area contributed by atoms with Crippen LogP contribution in [0.5, 0.6) is 0 Å². The van der Waals surface area contributed by atoms with Crippen LogP contribution in [0.1, 0.15) is 21.1 Å². The highest BCUT2D eigenvalue weighted by molar-refractivity contribution is 7.20. The van der Waals surface area contributed by atoms with Crippen molar-refractivity contribution in [3.8, 4) is 5.69 Å². The fourth-order valence-electron chi connectivity index (χ4n) is 3.85. The molecule has 32 heavy (non-hydrogen) atoms. The average Bonchev–Trinajstić information content (AvgIpc) is 3.50. The number of alkyl halides is 3. The molecular weight excluding hydrogens is 441 g/mol. The van der Waals surface area contributed by atoms with E-state index >= 15 is 0 Å². The zero-order chi connectivity index (χ0) is 22.3. The molecule has 1 saturated heterocycles. The molecular formula is C22H19F3N4O2S. The number of halogens is 3. The highest BCUT2D eigenvalue weighted by Gasteiger charge is 2.38. The number of carbonyl (C=O) groups excluding carboxylic acids is 1. The number of thiophene rings is 1. The Hall–Kier alpha value is -3.11. The van der Waals surface area contributed by atoms with Gasteiger partial charge in [0.15, 0.2) is 5.69 Å². The van der Waals surface area contributed by atoms with E-state index in [2.05, 4.69) is 10.00 Å². The maximum absolute atomic E-state index is 13.6. The van der Waals surface area contributed by atoms with Gasteiger partial charge in [0, 0.05) is 31.6 Å². The minimum Gasteiger partial charge on any atom is -0.468 e. The molecule has 5 rings (SSSR count). The smallest absolute Gasteiger partial charge is 0.435 e. The Labute approximate surface area is 185 Å². The molecule has 1 aromatic carbocycles. The van der Waals surface area contributed by atoms with Crippen molar-refractivity contribution in [1.82, 2.24) is 19.6 Å². The van der Waals surface area contributed by atoms with Crippen LogP contribution in [0.4, 0.5) is 13.2 Å². The van der Waals surface area contributed by atoms with Gasteiger partial charge in [-0.1, -0.05) is 18.2 Å². The predicted octanol–water partition coefficient (Wildman–Crippen LogP) is 4.66. The molecule has 4 aromatic rings. The van der Waals surface area contributed by atoms with Gasteiger partial charge in [-0.2, -0.15) is 18.3 Å². The van der Waals surface area contributed by atoms with E-state index in [0.717, 1.165) is 17.1 Å². The minimum atomic E-state index is -4.61. The summed E-state index contributed by atoms with van der Waals surface area (Å²) in [5, 5.41) is 3.76. The van der Waals surface area contributed by atoms with Crippen LogP contribution in [0, 0.1) is 0 Å². The minimum absolute atomic E-state index is 0.0499. The molecule has 4 heterocycles. The van der Waals surface area contributed by atoms with Crippen molar-refractivity contribution in [3.63, 3.8) is 0 Å². The molecule has 1 aliphatic heterocycles. The van der Waals surface area contributed by atoms with Gasteiger partial charge in [-0.25, -0.2) is 4.68 Å². The van der Waals surface area contributed by atoms with Gasteiger partial charge in [0.05, 0.1) is 23.4 Å². The lowest BCUT2D eigenvalue weighted by molar-refractivity contribution is -0.140. The van der Waals surface area contributed by atoms with Crippen LogP contribution >= 0.6 is 11.3 Å². The molecule has 0 N–H and O–H groups in total. The molecule has 6 nitrogen and oxygen atoms in total. The normalized spacial score (nSPS) is 15.5. The Morgan fingerprint density at radius 3 is 2.47 bits per heavy atom. The lowest BCUT2D eigenvalue weighted by atomic mass is 10.2. The van der Waals surface area contributed by atoms with Gasteiger partial charge in [0.25, 0.3) is 5.91 Å². The Kier molecular flexibility index (Phi) is 5.26. The van der Waals surface area contributed by atoms with Crippen molar-refractivity contribution < 1.29 is 22.4 Å². The summed E-state index contributed by atoms with van der Waals surface area (Å²) in [6, 6.07) is 13.7. The Bertz CT molecular complexity index is 1220. The summed E-state index contributed by atoms with van der Waals surface area (Å²) in [6.07, 6.45) is -2.99. The number of furan rings is 1. The van der Waals surface area contributed by atoms with Crippen molar-refractivity contribution in [2.45, 2.75) is 12.7 Å². The van der Waals surface area contributed by atoms with Crippen LogP contribution in [0.2, 0.25) is 0 Å². The van der Waals surface area contributed by atoms with Gasteiger partial charge in [0.2, 0.25) is 0 Å². The first-order chi connectivity index (χ1) is 15.4. The first kappa shape index (κ1) is 20.8. The monoisotopic (exact) mass is 460 g/mol. The topological polar surface area (TPSA) is 54.5 Å². The summed E-state index contributed by atoms with van der Waals surface area (Å²) in [4.78, 5) is 17.6. The number of fused-ring (bicyclic) bond motifs is 1. The number of para-hydroxylation sites is 1.